The van der Waals surface area contributed by atoms with Gasteiger partial charge in [0.15, 0.2) is 0 Å². The van der Waals surface area contributed by atoms with E-state index in [-0.39, 0.29) is 0 Å². The SMILES string of the molecule is CCN(C)c1ccc(N=Nc2ccc(OC)cc2)cc1. The molecule has 0 unspecified atom stereocenters. The van der Waals surface area contributed by atoms with Crippen molar-refractivity contribution in [2.45, 2.75) is 6.92 Å². The van der Waals surface area contributed by atoms with Gasteiger partial charge in [0.25, 0.3) is 0 Å². The first-order chi connectivity index (χ1) is 9.72. The molecule has 2 aromatic rings. The van der Waals surface area contributed by atoms with E-state index in [0.29, 0.717) is 0 Å². The molecule has 0 aromatic heterocycles. The average molecular weight is 269 g/mol. The third-order valence-electron chi connectivity index (χ3n) is 3.12. The zero-order chi connectivity index (χ0) is 14.4. The van der Waals surface area contributed by atoms with Crippen molar-refractivity contribution in [3.8, 4) is 5.75 Å². The van der Waals surface area contributed by atoms with Crippen LogP contribution in [0.3, 0.4) is 0 Å². The van der Waals surface area contributed by atoms with E-state index in [4.69, 9.17) is 4.74 Å². The number of hydrogen-bond donors (Lipinski definition) is 0. The molecule has 0 fully saturated rings. The molecule has 104 valence electrons. The lowest BCUT2D eigenvalue weighted by atomic mass is 10.2. The van der Waals surface area contributed by atoms with Crippen molar-refractivity contribution in [2.24, 2.45) is 10.2 Å². The van der Waals surface area contributed by atoms with Crippen LogP contribution in [-0.2, 0) is 0 Å². The molecule has 0 aliphatic heterocycles. The number of rotatable bonds is 5. The molecule has 0 spiro atoms. The summed E-state index contributed by atoms with van der Waals surface area (Å²) in [5.41, 5.74) is 2.82. The van der Waals surface area contributed by atoms with E-state index >= 15 is 0 Å². The summed E-state index contributed by atoms with van der Waals surface area (Å²) in [4.78, 5) is 2.17. The summed E-state index contributed by atoms with van der Waals surface area (Å²) < 4.78 is 5.10. The van der Waals surface area contributed by atoms with Gasteiger partial charge in [0.2, 0.25) is 0 Å². The topological polar surface area (TPSA) is 37.2 Å². The highest BCUT2D eigenvalue weighted by molar-refractivity contribution is 5.52. The van der Waals surface area contributed by atoms with Crippen molar-refractivity contribution in [3.05, 3.63) is 48.5 Å². The monoisotopic (exact) mass is 269 g/mol. The molecule has 4 nitrogen and oxygen atoms in total. The van der Waals surface area contributed by atoms with Gasteiger partial charge in [0.05, 0.1) is 18.5 Å². The minimum absolute atomic E-state index is 0.806. The van der Waals surface area contributed by atoms with E-state index in [1.54, 1.807) is 7.11 Å². The minimum atomic E-state index is 0.806. The zero-order valence-electron chi connectivity index (χ0n) is 12.1. The summed E-state index contributed by atoms with van der Waals surface area (Å²) in [6.45, 7) is 3.10. The van der Waals surface area contributed by atoms with E-state index < -0.39 is 0 Å². The second kappa shape index (κ2) is 6.70. The molecule has 0 bridgehead atoms. The molecular weight excluding hydrogens is 250 g/mol. The zero-order valence-corrected chi connectivity index (χ0v) is 12.1. The molecule has 0 radical (unpaired) electrons. The van der Waals surface area contributed by atoms with Crippen molar-refractivity contribution >= 4 is 17.1 Å². The Balaban J connectivity index is 2.06. The lowest BCUT2D eigenvalue weighted by Crippen LogP contribution is -2.15. The summed E-state index contributed by atoms with van der Waals surface area (Å²) in [6, 6.07) is 15.5. The maximum Gasteiger partial charge on any atom is 0.119 e. The molecule has 2 aromatic carbocycles. The van der Waals surface area contributed by atoms with E-state index in [1.165, 1.54) is 5.69 Å². The molecular formula is C16H19N3O. The summed E-state index contributed by atoms with van der Waals surface area (Å²) in [5.74, 6) is 0.816. The number of anilines is 1. The Kier molecular flexibility index (Phi) is 4.71. The van der Waals surface area contributed by atoms with Crippen LogP contribution in [0.25, 0.3) is 0 Å². The minimum Gasteiger partial charge on any atom is -0.497 e. The molecule has 0 atom stereocenters. The first kappa shape index (κ1) is 14.1. The van der Waals surface area contributed by atoms with Crippen molar-refractivity contribution in [2.75, 3.05) is 25.6 Å². The largest absolute Gasteiger partial charge is 0.497 e. The van der Waals surface area contributed by atoms with Crippen LogP contribution in [0.1, 0.15) is 6.92 Å². The van der Waals surface area contributed by atoms with Gasteiger partial charge in [-0.1, -0.05) is 0 Å². The third kappa shape index (κ3) is 3.57. The Bertz CT molecular complexity index is 561. The maximum atomic E-state index is 5.10. The molecule has 0 saturated heterocycles. The van der Waals surface area contributed by atoms with Gasteiger partial charge < -0.3 is 9.64 Å². The Hall–Kier alpha value is -2.36. The van der Waals surface area contributed by atoms with Crippen molar-refractivity contribution in [1.29, 1.82) is 0 Å². The Morgan fingerprint density at radius 3 is 1.85 bits per heavy atom. The highest BCUT2D eigenvalue weighted by Crippen LogP contribution is 2.23. The number of azo groups is 1. The van der Waals surface area contributed by atoms with Gasteiger partial charge in [-0.3, -0.25) is 0 Å². The van der Waals surface area contributed by atoms with E-state index in [0.717, 1.165) is 23.7 Å². The normalized spacial score (nSPS) is 10.8. The van der Waals surface area contributed by atoms with Crippen LogP contribution < -0.4 is 9.64 Å². The van der Waals surface area contributed by atoms with E-state index in [9.17, 15) is 0 Å². The molecule has 2 rings (SSSR count). The first-order valence-corrected chi connectivity index (χ1v) is 6.60. The van der Waals surface area contributed by atoms with Crippen LogP contribution in [0.15, 0.2) is 58.8 Å². The number of ether oxygens (including phenoxy) is 1. The molecule has 0 aliphatic rings. The van der Waals surface area contributed by atoms with Gasteiger partial charge in [0, 0.05) is 19.3 Å². The first-order valence-electron chi connectivity index (χ1n) is 6.60. The Labute approximate surface area is 119 Å². The number of methoxy groups -OCH3 is 1. The molecule has 4 heteroatoms. The summed E-state index contributed by atoms with van der Waals surface area (Å²) >= 11 is 0. The number of hydrogen-bond acceptors (Lipinski definition) is 4. The maximum absolute atomic E-state index is 5.10. The van der Waals surface area contributed by atoms with Crippen LogP contribution in [0, 0.1) is 0 Å². The second-order valence-corrected chi connectivity index (χ2v) is 4.43. The second-order valence-electron chi connectivity index (χ2n) is 4.43. The lowest BCUT2D eigenvalue weighted by molar-refractivity contribution is 0.415. The van der Waals surface area contributed by atoms with Crippen molar-refractivity contribution in [1.82, 2.24) is 0 Å². The smallest absolute Gasteiger partial charge is 0.119 e. The van der Waals surface area contributed by atoms with Crippen LogP contribution in [0.4, 0.5) is 17.1 Å². The molecule has 0 amide bonds. The fourth-order valence-electron chi connectivity index (χ4n) is 1.72. The van der Waals surface area contributed by atoms with Gasteiger partial charge in [-0.2, -0.15) is 10.2 Å². The van der Waals surface area contributed by atoms with Crippen LogP contribution >= 0.6 is 0 Å². The van der Waals surface area contributed by atoms with Crippen molar-refractivity contribution < 1.29 is 4.74 Å². The number of nitrogens with zero attached hydrogens (tertiary/aromatic N) is 3. The Morgan fingerprint density at radius 2 is 1.40 bits per heavy atom. The summed E-state index contributed by atoms with van der Waals surface area (Å²) in [5, 5.41) is 8.43. The fraction of sp³-hybridized carbons (Fsp3) is 0.250. The molecule has 0 heterocycles. The van der Waals surface area contributed by atoms with Crippen LogP contribution in [0.5, 0.6) is 5.75 Å². The van der Waals surface area contributed by atoms with Crippen LogP contribution in [0.2, 0.25) is 0 Å². The average Bonchev–Trinajstić information content (AvgIpc) is 2.53. The van der Waals surface area contributed by atoms with Crippen LogP contribution in [-0.4, -0.2) is 20.7 Å². The van der Waals surface area contributed by atoms with Gasteiger partial charge in [-0.25, -0.2) is 0 Å². The summed E-state index contributed by atoms with van der Waals surface area (Å²) in [6.07, 6.45) is 0. The number of benzene rings is 2. The fourth-order valence-corrected chi connectivity index (χ4v) is 1.72. The highest BCUT2D eigenvalue weighted by Gasteiger charge is 1.97. The van der Waals surface area contributed by atoms with Gasteiger partial charge in [0.1, 0.15) is 5.75 Å². The molecule has 20 heavy (non-hydrogen) atoms. The summed E-state index contributed by atoms with van der Waals surface area (Å²) in [7, 11) is 3.71. The highest BCUT2D eigenvalue weighted by atomic mass is 16.5. The van der Waals surface area contributed by atoms with Gasteiger partial charge >= 0.3 is 0 Å². The van der Waals surface area contributed by atoms with Crippen molar-refractivity contribution in [3.63, 3.8) is 0 Å². The Morgan fingerprint density at radius 1 is 0.900 bits per heavy atom. The lowest BCUT2D eigenvalue weighted by Gasteiger charge is -2.16. The third-order valence-corrected chi connectivity index (χ3v) is 3.12. The molecule has 0 N–H and O–H groups in total. The van der Waals surface area contributed by atoms with E-state index in [1.807, 2.05) is 48.5 Å². The van der Waals surface area contributed by atoms with Gasteiger partial charge in [-0.15, -0.1) is 0 Å². The quantitative estimate of drug-likeness (QED) is 0.746. The standard InChI is InChI=1S/C16H19N3O/c1-4-19(2)15-9-5-13(6-10-15)17-18-14-7-11-16(20-3)12-8-14/h5-12H,4H2,1-3H3. The predicted octanol–water partition coefficient (Wildman–Crippen LogP) is 4.57. The van der Waals surface area contributed by atoms with Gasteiger partial charge in [-0.05, 0) is 55.5 Å². The molecule has 0 saturated carbocycles. The molecule has 0 aliphatic carbocycles. The predicted molar refractivity (Wildman–Crippen MR) is 82.6 cm³/mol. The van der Waals surface area contributed by atoms with E-state index in [2.05, 4.69) is 29.1 Å².